The highest BCUT2D eigenvalue weighted by molar-refractivity contribution is 7.14. The summed E-state index contributed by atoms with van der Waals surface area (Å²) in [5.41, 5.74) is 2.03. The van der Waals surface area contributed by atoms with E-state index in [9.17, 15) is 14.0 Å². The Morgan fingerprint density at radius 3 is 2.52 bits per heavy atom. The van der Waals surface area contributed by atoms with Crippen molar-refractivity contribution in [1.29, 1.82) is 0 Å². The van der Waals surface area contributed by atoms with Crippen LogP contribution in [0, 0.1) is 5.82 Å². The van der Waals surface area contributed by atoms with Gasteiger partial charge in [0.25, 0.3) is 5.91 Å². The van der Waals surface area contributed by atoms with Crippen molar-refractivity contribution in [2.75, 3.05) is 4.90 Å². The van der Waals surface area contributed by atoms with Crippen LogP contribution in [0.1, 0.15) is 11.6 Å². The minimum Gasteiger partial charge on any atom is -0.321 e. The third kappa shape index (κ3) is 2.76. The van der Waals surface area contributed by atoms with E-state index in [1.54, 1.807) is 29.9 Å². The van der Waals surface area contributed by atoms with Gasteiger partial charge in [0.2, 0.25) is 5.13 Å². The predicted molar refractivity (Wildman–Crippen MR) is 90.5 cm³/mol. The summed E-state index contributed by atoms with van der Waals surface area (Å²) in [6, 6.07) is 7.66. The van der Waals surface area contributed by atoms with E-state index in [0.717, 1.165) is 10.5 Å². The fraction of sp³-hybridized carbons (Fsp3) is 0.0588. The van der Waals surface area contributed by atoms with Gasteiger partial charge >= 0.3 is 6.03 Å². The number of rotatable bonds is 3. The average molecular weight is 354 g/mol. The topological polar surface area (TPSA) is 75.2 Å². The Kier molecular flexibility index (Phi) is 3.73. The number of aromatic nitrogens is 2. The number of hydrogen-bond donors (Lipinski definition) is 1. The highest BCUT2D eigenvalue weighted by atomic mass is 32.1. The molecule has 1 N–H and O–H groups in total. The number of anilines is 1. The lowest BCUT2D eigenvalue weighted by atomic mass is 10.1. The zero-order chi connectivity index (χ0) is 17.4. The van der Waals surface area contributed by atoms with Crippen molar-refractivity contribution in [2.24, 2.45) is 0 Å². The zero-order valence-electron chi connectivity index (χ0n) is 12.7. The summed E-state index contributed by atoms with van der Waals surface area (Å²) < 4.78 is 13.1. The molecule has 3 heterocycles. The van der Waals surface area contributed by atoms with E-state index < -0.39 is 23.8 Å². The smallest absolute Gasteiger partial charge is 0.321 e. The van der Waals surface area contributed by atoms with Crippen LogP contribution >= 0.6 is 11.3 Å². The van der Waals surface area contributed by atoms with Crippen molar-refractivity contribution in [3.05, 3.63) is 65.6 Å². The van der Waals surface area contributed by atoms with Gasteiger partial charge in [-0.15, -0.1) is 11.3 Å². The van der Waals surface area contributed by atoms with Gasteiger partial charge < -0.3 is 5.32 Å². The summed E-state index contributed by atoms with van der Waals surface area (Å²) in [6.07, 6.45) is 3.29. The van der Waals surface area contributed by atoms with E-state index in [-0.39, 0.29) is 0 Å². The van der Waals surface area contributed by atoms with Gasteiger partial charge in [0, 0.05) is 23.3 Å². The van der Waals surface area contributed by atoms with Crippen LogP contribution in [0.5, 0.6) is 0 Å². The molecule has 1 unspecified atom stereocenters. The molecule has 6 nitrogen and oxygen atoms in total. The monoisotopic (exact) mass is 354 g/mol. The summed E-state index contributed by atoms with van der Waals surface area (Å²) in [4.78, 5) is 34.3. The Balaban J connectivity index is 1.63. The lowest BCUT2D eigenvalue weighted by molar-refractivity contribution is -0.118. The molecule has 0 radical (unpaired) electrons. The minimum absolute atomic E-state index is 0.291. The molecule has 25 heavy (non-hydrogen) atoms. The summed E-state index contributed by atoms with van der Waals surface area (Å²) in [5.74, 6) is -0.841. The van der Waals surface area contributed by atoms with Crippen LogP contribution in [0.2, 0.25) is 0 Å². The average Bonchev–Trinajstić information content (AvgIpc) is 3.21. The third-order valence-corrected chi connectivity index (χ3v) is 4.63. The van der Waals surface area contributed by atoms with Crippen molar-refractivity contribution in [3.63, 3.8) is 0 Å². The first kappa shape index (κ1) is 15.4. The SMILES string of the molecule is O=C1NC(c2ccc(F)cc2)C(=O)N1c1nc(-c2ccncc2)cs1. The Morgan fingerprint density at radius 1 is 1.08 bits per heavy atom. The van der Waals surface area contributed by atoms with Crippen molar-refractivity contribution in [1.82, 2.24) is 15.3 Å². The molecule has 0 saturated carbocycles. The lowest BCUT2D eigenvalue weighted by Gasteiger charge is -2.09. The molecule has 8 heteroatoms. The molecule has 1 aromatic carbocycles. The molecule has 0 bridgehead atoms. The number of pyridine rings is 1. The van der Waals surface area contributed by atoms with E-state index in [1.807, 2.05) is 0 Å². The van der Waals surface area contributed by atoms with E-state index in [2.05, 4.69) is 15.3 Å². The molecular weight excluding hydrogens is 343 g/mol. The van der Waals surface area contributed by atoms with E-state index in [0.29, 0.717) is 16.4 Å². The first-order chi connectivity index (χ1) is 12.1. The number of carbonyl (C=O) groups excluding carboxylic acids is 2. The highest BCUT2D eigenvalue weighted by Crippen LogP contribution is 2.32. The second kappa shape index (κ2) is 6.06. The van der Waals surface area contributed by atoms with Crippen LogP contribution in [-0.4, -0.2) is 21.9 Å². The maximum absolute atomic E-state index is 13.1. The van der Waals surface area contributed by atoms with Crippen molar-refractivity contribution in [2.45, 2.75) is 6.04 Å². The number of urea groups is 1. The second-order valence-electron chi connectivity index (χ2n) is 5.36. The van der Waals surface area contributed by atoms with Gasteiger partial charge in [-0.3, -0.25) is 9.78 Å². The number of nitrogens with zero attached hydrogens (tertiary/aromatic N) is 3. The molecule has 1 fully saturated rings. The standard InChI is InChI=1S/C17H11FN4O2S/c18-12-3-1-11(2-4-12)14-15(23)22(16(24)21-14)17-20-13(9-25-17)10-5-7-19-8-6-10/h1-9,14H,(H,21,24). The number of hydrogen-bond acceptors (Lipinski definition) is 5. The van der Waals surface area contributed by atoms with E-state index >= 15 is 0 Å². The van der Waals surface area contributed by atoms with Crippen molar-refractivity contribution in [3.8, 4) is 11.3 Å². The maximum Gasteiger partial charge on any atom is 0.331 e. The van der Waals surface area contributed by atoms with E-state index in [1.165, 1.54) is 35.6 Å². The Bertz CT molecular complexity index is 943. The van der Waals surface area contributed by atoms with E-state index in [4.69, 9.17) is 0 Å². The molecule has 1 saturated heterocycles. The number of nitrogens with one attached hydrogen (secondary N) is 1. The molecule has 2 aromatic heterocycles. The first-order valence-electron chi connectivity index (χ1n) is 7.39. The molecule has 1 atom stereocenters. The Labute approximate surface area is 146 Å². The molecule has 1 aliphatic heterocycles. The third-order valence-electron chi connectivity index (χ3n) is 3.80. The van der Waals surface area contributed by atoms with Gasteiger partial charge in [0.15, 0.2) is 0 Å². The van der Waals surface area contributed by atoms with Crippen LogP contribution in [-0.2, 0) is 4.79 Å². The first-order valence-corrected chi connectivity index (χ1v) is 8.27. The quantitative estimate of drug-likeness (QED) is 0.733. The number of amides is 3. The maximum atomic E-state index is 13.1. The molecule has 3 aromatic rings. The van der Waals surface area contributed by atoms with Crippen LogP contribution in [0.3, 0.4) is 0 Å². The molecule has 0 spiro atoms. The normalized spacial score (nSPS) is 17.0. The zero-order valence-corrected chi connectivity index (χ0v) is 13.5. The van der Waals surface area contributed by atoms with Crippen LogP contribution in [0.15, 0.2) is 54.2 Å². The molecule has 124 valence electrons. The van der Waals surface area contributed by atoms with Gasteiger partial charge in [-0.05, 0) is 29.8 Å². The van der Waals surface area contributed by atoms with Gasteiger partial charge in [0.05, 0.1) is 5.69 Å². The second-order valence-corrected chi connectivity index (χ2v) is 6.20. The Hall–Kier alpha value is -3.13. The number of imide groups is 1. The van der Waals surface area contributed by atoms with Crippen LogP contribution in [0.25, 0.3) is 11.3 Å². The van der Waals surface area contributed by atoms with Gasteiger partial charge in [-0.2, -0.15) is 0 Å². The predicted octanol–water partition coefficient (Wildman–Crippen LogP) is 3.14. The van der Waals surface area contributed by atoms with Gasteiger partial charge in [0.1, 0.15) is 11.9 Å². The summed E-state index contributed by atoms with van der Waals surface area (Å²) >= 11 is 1.20. The largest absolute Gasteiger partial charge is 0.331 e. The van der Waals surface area contributed by atoms with Gasteiger partial charge in [-0.1, -0.05) is 12.1 Å². The molecular formula is C17H11FN4O2S. The Morgan fingerprint density at radius 2 is 1.80 bits per heavy atom. The highest BCUT2D eigenvalue weighted by Gasteiger charge is 2.41. The molecule has 0 aliphatic carbocycles. The fourth-order valence-electron chi connectivity index (χ4n) is 2.56. The van der Waals surface area contributed by atoms with Crippen LogP contribution < -0.4 is 10.2 Å². The number of thiazole rings is 1. The molecule has 3 amide bonds. The molecule has 1 aliphatic rings. The van der Waals surface area contributed by atoms with Crippen molar-refractivity contribution < 1.29 is 14.0 Å². The summed E-state index contributed by atoms with van der Waals surface area (Å²) in [7, 11) is 0. The summed E-state index contributed by atoms with van der Waals surface area (Å²) in [6.45, 7) is 0. The van der Waals surface area contributed by atoms with Crippen LogP contribution in [0.4, 0.5) is 14.3 Å². The summed E-state index contributed by atoms with van der Waals surface area (Å²) in [5, 5.41) is 4.67. The van der Waals surface area contributed by atoms with Crippen molar-refractivity contribution >= 4 is 28.4 Å². The number of halogens is 1. The van der Waals surface area contributed by atoms with Gasteiger partial charge in [-0.25, -0.2) is 19.1 Å². The lowest BCUT2D eigenvalue weighted by Crippen LogP contribution is -2.30. The number of benzene rings is 1. The molecule has 4 rings (SSSR count). The fourth-order valence-corrected chi connectivity index (χ4v) is 3.40. The minimum atomic E-state index is -0.846. The number of carbonyl (C=O) groups is 2.